The summed E-state index contributed by atoms with van der Waals surface area (Å²) in [4.78, 5) is 0. The van der Waals surface area contributed by atoms with Crippen LogP contribution >= 0.6 is 0 Å². The molecule has 1 aliphatic heterocycles. The quantitative estimate of drug-likeness (QED) is 0.719. The molecule has 0 bridgehead atoms. The Hall–Kier alpha value is -0.578. The molecule has 1 heterocycles. The van der Waals surface area contributed by atoms with E-state index >= 15 is 0 Å². The van der Waals surface area contributed by atoms with Crippen molar-refractivity contribution in [2.75, 3.05) is 13.2 Å². The van der Waals surface area contributed by atoms with Crippen molar-refractivity contribution in [1.82, 2.24) is 0 Å². The zero-order valence-corrected chi connectivity index (χ0v) is 11.3. The molecule has 0 spiro atoms. The van der Waals surface area contributed by atoms with Crippen LogP contribution < -0.4 is 10.6 Å². The molecule has 0 atom stereocenters. The molecule has 1 saturated heterocycles. The summed E-state index contributed by atoms with van der Waals surface area (Å²) in [7, 11) is -1.34. The van der Waals surface area contributed by atoms with Crippen LogP contribution in [0.1, 0.15) is 6.42 Å². The molecule has 2 rings (SSSR count). The average molecular weight is 234 g/mol. The van der Waals surface area contributed by atoms with Gasteiger partial charge in [-0.1, -0.05) is 49.1 Å². The van der Waals surface area contributed by atoms with Crippen LogP contribution in [-0.4, -0.2) is 28.4 Å². The lowest BCUT2D eigenvalue weighted by molar-refractivity contribution is 0.143. The van der Waals surface area contributed by atoms with Crippen molar-refractivity contribution in [3.8, 4) is 0 Å². The molecule has 4 heteroatoms. The number of rotatable bonds is 2. The Kier molecular flexibility index (Phi) is 3.52. The summed E-state index contributed by atoms with van der Waals surface area (Å²) < 4.78 is 11.2. The van der Waals surface area contributed by atoms with E-state index in [9.17, 15) is 0 Å². The van der Waals surface area contributed by atoms with Crippen LogP contribution in [0.5, 0.6) is 0 Å². The molecule has 0 unspecified atom stereocenters. The van der Waals surface area contributed by atoms with E-state index in [0.29, 0.717) is 0 Å². The third-order valence-electron chi connectivity index (χ3n) is 2.88. The highest BCUT2D eigenvalue weighted by atomic mass is 28.3. The first-order valence-corrected chi connectivity index (χ1v) is 9.41. The first-order valence-electron chi connectivity index (χ1n) is 5.91. The van der Waals surface area contributed by atoms with Crippen LogP contribution in [0.4, 0.5) is 0 Å². The van der Waals surface area contributed by atoms with Crippen LogP contribution in [0, 0.1) is 0 Å². The normalized spacial score (nSPS) is 17.6. The first kappa shape index (κ1) is 11.9. The van der Waals surface area contributed by atoms with Gasteiger partial charge in [0, 0.05) is 13.2 Å². The van der Waals surface area contributed by atoms with Gasteiger partial charge >= 0.3 is 7.12 Å². The number of hydrogen-bond donors (Lipinski definition) is 0. The third-order valence-corrected chi connectivity index (χ3v) is 4.94. The summed E-state index contributed by atoms with van der Waals surface area (Å²) in [6.45, 7) is 8.68. The van der Waals surface area contributed by atoms with E-state index in [1.807, 2.05) is 0 Å². The summed E-state index contributed by atoms with van der Waals surface area (Å²) >= 11 is 0. The topological polar surface area (TPSA) is 18.5 Å². The molecule has 0 amide bonds. The molecule has 1 aromatic rings. The summed E-state index contributed by atoms with van der Waals surface area (Å²) in [6, 6.07) is 8.74. The van der Waals surface area contributed by atoms with Crippen molar-refractivity contribution >= 4 is 25.8 Å². The van der Waals surface area contributed by atoms with E-state index in [1.165, 1.54) is 5.19 Å². The molecule has 16 heavy (non-hydrogen) atoms. The molecule has 0 radical (unpaired) electrons. The minimum atomic E-state index is -1.19. The monoisotopic (exact) mass is 234 g/mol. The molecule has 0 aliphatic carbocycles. The van der Waals surface area contributed by atoms with Crippen molar-refractivity contribution < 1.29 is 9.31 Å². The van der Waals surface area contributed by atoms with Gasteiger partial charge in [0.2, 0.25) is 0 Å². The van der Waals surface area contributed by atoms with Gasteiger partial charge in [-0.05, 0) is 11.9 Å². The standard InChI is InChI=1S/C12H19BO2Si/c1-16(2,3)12-7-5-11(6-8-12)13-14-9-4-10-15-13/h5-8H,4,9-10H2,1-3H3. The van der Waals surface area contributed by atoms with E-state index in [4.69, 9.17) is 9.31 Å². The second kappa shape index (κ2) is 4.74. The largest absolute Gasteiger partial charge is 0.493 e. The fraction of sp³-hybridized carbons (Fsp3) is 0.500. The van der Waals surface area contributed by atoms with Gasteiger partial charge in [-0.2, -0.15) is 0 Å². The Labute approximate surface area is 99.1 Å². The molecule has 0 saturated carbocycles. The van der Waals surface area contributed by atoms with Crippen LogP contribution in [0.15, 0.2) is 24.3 Å². The summed E-state index contributed by atoms with van der Waals surface area (Å²) in [5.74, 6) is 0. The number of benzene rings is 1. The fourth-order valence-corrected chi connectivity index (χ4v) is 2.99. The maximum absolute atomic E-state index is 5.58. The molecular weight excluding hydrogens is 215 g/mol. The van der Waals surface area contributed by atoms with Crippen molar-refractivity contribution in [2.45, 2.75) is 26.1 Å². The SMILES string of the molecule is C[Si](C)(C)c1ccc(B2OCCCO2)cc1. The van der Waals surface area contributed by atoms with E-state index in [0.717, 1.165) is 25.1 Å². The predicted molar refractivity (Wildman–Crippen MR) is 71.3 cm³/mol. The minimum Gasteiger partial charge on any atom is -0.407 e. The first-order chi connectivity index (χ1) is 7.57. The molecule has 1 aliphatic rings. The zero-order chi connectivity index (χ0) is 11.6. The van der Waals surface area contributed by atoms with Gasteiger partial charge in [-0.3, -0.25) is 0 Å². The Morgan fingerprint density at radius 1 is 1.00 bits per heavy atom. The lowest BCUT2D eigenvalue weighted by Crippen LogP contribution is -2.43. The van der Waals surface area contributed by atoms with Gasteiger partial charge in [0.15, 0.2) is 0 Å². The Morgan fingerprint density at radius 3 is 2.06 bits per heavy atom. The highest BCUT2D eigenvalue weighted by Gasteiger charge is 2.25. The molecule has 1 fully saturated rings. The maximum atomic E-state index is 5.58. The molecule has 0 N–H and O–H groups in total. The van der Waals surface area contributed by atoms with Crippen molar-refractivity contribution in [3.05, 3.63) is 24.3 Å². The second-order valence-electron chi connectivity index (χ2n) is 5.30. The van der Waals surface area contributed by atoms with E-state index in [-0.39, 0.29) is 7.12 Å². The summed E-state index contributed by atoms with van der Waals surface area (Å²) in [6.07, 6.45) is 1.00. The molecule has 86 valence electrons. The highest BCUT2D eigenvalue weighted by molar-refractivity contribution is 6.88. The lowest BCUT2D eigenvalue weighted by Gasteiger charge is -2.21. The van der Waals surface area contributed by atoms with Crippen LogP contribution in [0.2, 0.25) is 19.6 Å². The van der Waals surface area contributed by atoms with Gasteiger partial charge in [-0.15, -0.1) is 0 Å². The Bertz CT molecular complexity index is 339. The van der Waals surface area contributed by atoms with Gasteiger partial charge in [0.25, 0.3) is 0 Å². The van der Waals surface area contributed by atoms with Crippen LogP contribution in [0.3, 0.4) is 0 Å². The lowest BCUT2D eigenvalue weighted by atomic mass is 9.78. The van der Waals surface area contributed by atoms with E-state index in [2.05, 4.69) is 43.9 Å². The van der Waals surface area contributed by atoms with E-state index < -0.39 is 8.07 Å². The third kappa shape index (κ3) is 2.75. The Morgan fingerprint density at radius 2 is 1.56 bits per heavy atom. The minimum absolute atomic E-state index is 0.149. The Balaban J connectivity index is 2.12. The van der Waals surface area contributed by atoms with Crippen molar-refractivity contribution in [1.29, 1.82) is 0 Å². The zero-order valence-electron chi connectivity index (χ0n) is 10.3. The fourth-order valence-electron chi connectivity index (χ4n) is 1.82. The van der Waals surface area contributed by atoms with Gasteiger partial charge < -0.3 is 9.31 Å². The molecular formula is C12H19BO2Si. The maximum Gasteiger partial charge on any atom is 0.493 e. The van der Waals surface area contributed by atoms with Crippen LogP contribution in [0.25, 0.3) is 0 Å². The average Bonchev–Trinajstić information content (AvgIpc) is 2.29. The number of hydrogen-bond acceptors (Lipinski definition) is 2. The van der Waals surface area contributed by atoms with Crippen molar-refractivity contribution in [3.63, 3.8) is 0 Å². The summed E-state index contributed by atoms with van der Waals surface area (Å²) in [5, 5.41) is 1.48. The molecule has 2 nitrogen and oxygen atoms in total. The van der Waals surface area contributed by atoms with Crippen LogP contribution in [-0.2, 0) is 9.31 Å². The molecule has 0 aromatic heterocycles. The van der Waals surface area contributed by atoms with E-state index in [1.54, 1.807) is 0 Å². The van der Waals surface area contributed by atoms with Crippen molar-refractivity contribution in [2.24, 2.45) is 0 Å². The van der Waals surface area contributed by atoms with Gasteiger partial charge in [-0.25, -0.2) is 0 Å². The highest BCUT2D eigenvalue weighted by Crippen LogP contribution is 2.04. The summed E-state index contributed by atoms with van der Waals surface area (Å²) in [5.41, 5.74) is 1.14. The smallest absolute Gasteiger partial charge is 0.407 e. The molecule has 1 aromatic carbocycles. The predicted octanol–water partition coefficient (Wildman–Crippen LogP) is 1.36. The second-order valence-corrected chi connectivity index (χ2v) is 10.4. The van der Waals surface area contributed by atoms with Gasteiger partial charge in [0.1, 0.15) is 0 Å². The van der Waals surface area contributed by atoms with Gasteiger partial charge in [0.05, 0.1) is 8.07 Å².